The number of rotatable bonds is 7. The molecule has 102 valence electrons. The van der Waals surface area contributed by atoms with Gasteiger partial charge in [0.2, 0.25) is 11.8 Å². The van der Waals surface area contributed by atoms with Crippen LogP contribution >= 0.6 is 0 Å². The Hall–Kier alpha value is -1.59. The minimum atomic E-state index is -0.912. The molecule has 0 aromatic rings. The van der Waals surface area contributed by atoms with Crippen LogP contribution in [0.3, 0.4) is 0 Å². The largest absolute Gasteiger partial charge is 0.481 e. The molecule has 0 aromatic heterocycles. The molecular formula is C12H20N2O4. The van der Waals surface area contributed by atoms with Crippen molar-refractivity contribution in [3.05, 3.63) is 0 Å². The number of carbonyl (C=O) groups excluding carboxylic acids is 2. The van der Waals surface area contributed by atoms with Crippen LogP contribution in [0.4, 0.5) is 0 Å². The van der Waals surface area contributed by atoms with Gasteiger partial charge in [-0.3, -0.25) is 14.4 Å². The van der Waals surface area contributed by atoms with Crippen LogP contribution < -0.4 is 5.73 Å². The molecule has 0 spiro atoms. The summed E-state index contributed by atoms with van der Waals surface area (Å²) in [4.78, 5) is 34.9. The van der Waals surface area contributed by atoms with Gasteiger partial charge in [0.1, 0.15) is 0 Å². The third kappa shape index (κ3) is 4.73. The van der Waals surface area contributed by atoms with Gasteiger partial charge in [-0.25, -0.2) is 0 Å². The molecule has 1 rings (SSSR count). The highest BCUT2D eigenvalue weighted by Crippen LogP contribution is 2.24. The first-order valence-corrected chi connectivity index (χ1v) is 6.30. The Kier molecular flexibility index (Phi) is 5.61. The SMILES string of the molecule is NC(=O)CN(C(=O)CCCC(=O)O)C1CCCC1. The fraction of sp³-hybridized carbons (Fsp3) is 0.750. The van der Waals surface area contributed by atoms with E-state index in [-0.39, 0.29) is 31.3 Å². The molecule has 18 heavy (non-hydrogen) atoms. The van der Waals surface area contributed by atoms with Gasteiger partial charge in [0.15, 0.2) is 0 Å². The molecule has 0 bridgehead atoms. The Labute approximate surface area is 106 Å². The fourth-order valence-corrected chi connectivity index (χ4v) is 2.34. The molecule has 1 aliphatic carbocycles. The van der Waals surface area contributed by atoms with Crippen molar-refractivity contribution >= 4 is 17.8 Å². The molecule has 0 unspecified atom stereocenters. The van der Waals surface area contributed by atoms with Crippen molar-refractivity contribution in [3.63, 3.8) is 0 Å². The van der Waals surface area contributed by atoms with Crippen molar-refractivity contribution in [1.29, 1.82) is 0 Å². The van der Waals surface area contributed by atoms with Gasteiger partial charge in [-0.1, -0.05) is 12.8 Å². The molecule has 0 saturated heterocycles. The zero-order valence-electron chi connectivity index (χ0n) is 10.4. The standard InChI is InChI=1S/C12H20N2O4/c13-10(15)8-14(9-4-1-2-5-9)11(16)6-3-7-12(17)18/h9H,1-8H2,(H2,13,15)(H,17,18). The predicted molar refractivity (Wildman–Crippen MR) is 64.7 cm³/mol. The summed E-state index contributed by atoms with van der Waals surface area (Å²) in [5.74, 6) is -1.60. The molecule has 0 radical (unpaired) electrons. The Bertz CT molecular complexity index is 324. The molecule has 6 heteroatoms. The second-order valence-electron chi connectivity index (χ2n) is 4.67. The van der Waals surface area contributed by atoms with Crippen molar-refractivity contribution in [2.45, 2.75) is 51.0 Å². The number of nitrogens with two attached hydrogens (primary N) is 1. The Balaban J connectivity index is 2.49. The quantitative estimate of drug-likeness (QED) is 0.692. The van der Waals surface area contributed by atoms with Gasteiger partial charge in [0.25, 0.3) is 0 Å². The summed E-state index contributed by atoms with van der Waals surface area (Å²) in [7, 11) is 0. The third-order valence-electron chi connectivity index (χ3n) is 3.19. The Morgan fingerprint density at radius 1 is 1.17 bits per heavy atom. The smallest absolute Gasteiger partial charge is 0.303 e. The number of amides is 2. The first kappa shape index (κ1) is 14.5. The highest BCUT2D eigenvalue weighted by molar-refractivity contribution is 5.84. The molecular weight excluding hydrogens is 236 g/mol. The van der Waals surface area contributed by atoms with Gasteiger partial charge in [-0.15, -0.1) is 0 Å². The first-order chi connectivity index (χ1) is 8.50. The van der Waals surface area contributed by atoms with Gasteiger partial charge < -0.3 is 15.7 Å². The number of primary amides is 1. The third-order valence-corrected chi connectivity index (χ3v) is 3.19. The first-order valence-electron chi connectivity index (χ1n) is 6.30. The van der Waals surface area contributed by atoms with Crippen molar-refractivity contribution in [2.75, 3.05) is 6.54 Å². The Morgan fingerprint density at radius 3 is 2.28 bits per heavy atom. The van der Waals surface area contributed by atoms with E-state index in [9.17, 15) is 14.4 Å². The van der Waals surface area contributed by atoms with Gasteiger partial charge in [0.05, 0.1) is 6.54 Å². The van der Waals surface area contributed by atoms with Crippen LogP contribution in [0.15, 0.2) is 0 Å². The zero-order chi connectivity index (χ0) is 13.5. The molecule has 0 aromatic carbocycles. The predicted octanol–water partition coefficient (Wildman–Crippen LogP) is 0.498. The molecule has 1 fully saturated rings. The molecule has 0 heterocycles. The summed E-state index contributed by atoms with van der Waals surface area (Å²) in [6, 6.07) is 0.0924. The maximum Gasteiger partial charge on any atom is 0.303 e. The van der Waals surface area contributed by atoms with Crippen molar-refractivity contribution < 1.29 is 19.5 Å². The second kappa shape index (κ2) is 6.98. The average Bonchev–Trinajstić information content (AvgIpc) is 2.78. The van der Waals surface area contributed by atoms with Crippen LogP contribution in [-0.4, -0.2) is 40.4 Å². The van der Waals surface area contributed by atoms with Gasteiger partial charge in [-0.2, -0.15) is 0 Å². The number of hydrogen-bond acceptors (Lipinski definition) is 3. The van der Waals surface area contributed by atoms with Gasteiger partial charge in [-0.05, 0) is 19.3 Å². The lowest BCUT2D eigenvalue weighted by Crippen LogP contribution is -2.44. The van der Waals surface area contributed by atoms with E-state index in [1.807, 2.05) is 0 Å². The molecule has 0 aliphatic heterocycles. The number of carboxylic acid groups (broad SMARTS) is 1. The number of aliphatic carboxylic acids is 1. The highest BCUT2D eigenvalue weighted by atomic mass is 16.4. The van der Waals surface area contributed by atoms with E-state index in [2.05, 4.69) is 0 Å². The summed E-state index contributed by atoms with van der Waals surface area (Å²) < 4.78 is 0. The lowest BCUT2D eigenvalue weighted by Gasteiger charge is -2.27. The van der Waals surface area contributed by atoms with E-state index in [0.29, 0.717) is 6.42 Å². The van der Waals surface area contributed by atoms with Gasteiger partial charge >= 0.3 is 5.97 Å². The maximum absolute atomic E-state index is 12.0. The van der Waals surface area contributed by atoms with Crippen molar-refractivity contribution in [1.82, 2.24) is 4.90 Å². The second-order valence-corrected chi connectivity index (χ2v) is 4.67. The number of carboxylic acids is 1. The number of hydrogen-bond donors (Lipinski definition) is 2. The summed E-state index contributed by atoms with van der Waals surface area (Å²) in [6.45, 7) is -0.0590. The van der Waals surface area contributed by atoms with Crippen LogP contribution in [-0.2, 0) is 14.4 Å². The summed E-state index contributed by atoms with van der Waals surface area (Å²) >= 11 is 0. The Morgan fingerprint density at radius 2 is 1.78 bits per heavy atom. The topological polar surface area (TPSA) is 101 Å². The van der Waals surface area contributed by atoms with E-state index < -0.39 is 11.9 Å². The van der Waals surface area contributed by atoms with Crippen LogP contribution in [0, 0.1) is 0 Å². The lowest BCUT2D eigenvalue weighted by atomic mass is 10.1. The zero-order valence-corrected chi connectivity index (χ0v) is 10.4. The van der Waals surface area contributed by atoms with Crippen molar-refractivity contribution in [3.8, 4) is 0 Å². The number of nitrogens with zero attached hydrogens (tertiary/aromatic N) is 1. The van der Waals surface area contributed by atoms with E-state index >= 15 is 0 Å². The summed E-state index contributed by atoms with van der Waals surface area (Å²) in [5, 5.41) is 8.52. The average molecular weight is 256 g/mol. The lowest BCUT2D eigenvalue weighted by molar-refractivity contribution is -0.139. The van der Waals surface area contributed by atoms with E-state index in [0.717, 1.165) is 25.7 Å². The minimum absolute atomic E-state index is 0.0270. The van der Waals surface area contributed by atoms with E-state index in [1.165, 1.54) is 4.90 Å². The monoisotopic (exact) mass is 256 g/mol. The van der Waals surface area contributed by atoms with Crippen LogP contribution in [0.2, 0.25) is 0 Å². The maximum atomic E-state index is 12.0. The molecule has 1 saturated carbocycles. The summed E-state index contributed by atoms with van der Waals surface area (Å²) in [5.41, 5.74) is 5.15. The van der Waals surface area contributed by atoms with Crippen LogP contribution in [0.1, 0.15) is 44.9 Å². The van der Waals surface area contributed by atoms with E-state index in [1.54, 1.807) is 0 Å². The highest BCUT2D eigenvalue weighted by Gasteiger charge is 2.27. The molecule has 6 nitrogen and oxygen atoms in total. The minimum Gasteiger partial charge on any atom is -0.481 e. The van der Waals surface area contributed by atoms with Gasteiger partial charge in [0, 0.05) is 18.9 Å². The van der Waals surface area contributed by atoms with E-state index in [4.69, 9.17) is 10.8 Å². The number of carbonyl (C=O) groups is 3. The molecule has 0 atom stereocenters. The van der Waals surface area contributed by atoms with Crippen LogP contribution in [0.5, 0.6) is 0 Å². The fourth-order valence-electron chi connectivity index (χ4n) is 2.34. The molecule has 3 N–H and O–H groups in total. The normalized spacial score (nSPS) is 15.6. The van der Waals surface area contributed by atoms with Crippen molar-refractivity contribution in [2.24, 2.45) is 5.73 Å². The summed E-state index contributed by atoms with van der Waals surface area (Å²) in [6.07, 6.45) is 4.35. The molecule has 2 amide bonds. The van der Waals surface area contributed by atoms with Crippen LogP contribution in [0.25, 0.3) is 0 Å². The molecule has 1 aliphatic rings.